The summed E-state index contributed by atoms with van der Waals surface area (Å²) < 4.78 is 1.69. The van der Waals surface area contributed by atoms with E-state index in [0.717, 1.165) is 38.9 Å². The lowest BCUT2D eigenvalue weighted by molar-refractivity contribution is 0.216. The molecule has 1 saturated heterocycles. The van der Waals surface area contributed by atoms with Crippen LogP contribution in [0.2, 0.25) is 0 Å². The van der Waals surface area contributed by atoms with E-state index in [0.29, 0.717) is 18.4 Å². The molecule has 1 aliphatic heterocycles. The Morgan fingerprint density at radius 3 is 2.68 bits per heavy atom. The summed E-state index contributed by atoms with van der Waals surface area (Å²) in [6.45, 7) is 5.96. The summed E-state index contributed by atoms with van der Waals surface area (Å²) in [5, 5.41) is 3.36. The normalized spacial score (nSPS) is 16.0. The SMILES string of the molecule is CCn1ccnc(NC2CCN(CCCc3ccccc3)CC2)c1=O. The second-order valence-corrected chi connectivity index (χ2v) is 6.72. The first-order valence-corrected chi connectivity index (χ1v) is 9.34. The molecule has 0 atom stereocenters. The number of hydrogen-bond donors (Lipinski definition) is 1. The van der Waals surface area contributed by atoms with Gasteiger partial charge in [0.15, 0.2) is 5.82 Å². The lowest BCUT2D eigenvalue weighted by atomic mass is 10.0. The van der Waals surface area contributed by atoms with Crippen LogP contribution in [-0.4, -0.2) is 40.1 Å². The van der Waals surface area contributed by atoms with Gasteiger partial charge in [0.2, 0.25) is 0 Å². The topological polar surface area (TPSA) is 50.2 Å². The van der Waals surface area contributed by atoms with Crippen molar-refractivity contribution in [1.82, 2.24) is 14.5 Å². The van der Waals surface area contributed by atoms with Crippen molar-refractivity contribution in [1.29, 1.82) is 0 Å². The van der Waals surface area contributed by atoms with Gasteiger partial charge in [-0.05, 0) is 44.7 Å². The number of hydrogen-bond acceptors (Lipinski definition) is 4. The number of aryl methyl sites for hydroxylation is 2. The van der Waals surface area contributed by atoms with Crippen LogP contribution in [0.3, 0.4) is 0 Å². The van der Waals surface area contributed by atoms with Gasteiger partial charge in [-0.15, -0.1) is 0 Å². The van der Waals surface area contributed by atoms with Gasteiger partial charge >= 0.3 is 0 Å². The van der Waals surface area contributed by atoms with Crippen LogP contribution >= 0.6 is 0 Å². The summed E-state index contributed by atoms with van der Waals surface area (Å²) in [5.74, 6) is 0.492. The molecule has 1 fully saturated rings. The molecule has 134 valence electrons. The Morgan fingerprint density at radius 1 is 1.20 bits per heavy atom. The van der Waals surface area contributed by atoms with Crippen LogP contribution in [0, 0.1) is 0 Å². The van der Waals surface area contributed by atoms with Gasteiger partial charge in [-0.25, -0.2) is 4.98 Å². The second kappa shape index (κ2) is 8.81. The third-order valence-electron chi connectivity index (χ3n) is 4.97. The Balaban J connectivity index is 1.42. The van der Waals surface area contributed by atoms with Crippen molar-refractivity contribution in [3.05, 3.63) is 58.6 Å². The van der Waals surface area contributed by atoms with Gasteiger partial charge in [0.25, 0.3) is 5.56 Å². The van der Waals surface area contributed by atoms with Crippen LogP contribution in [0.15, 0.2) is 47.5 Å². The minimum Gasteiger partial charge on any atom is -0.363 e. The minimum absolute atomic E-state index is 0.0182. The molecule has 0 radical (unpaired) electrons. The summed E-state index contributed by atoms with van der Waals surface area (Å²) in [6, 6.07) is 11.0. The van der Waals surface area contributed by atoms with Crippen LogP contribution in [0.25, 0.3) is 0 Å². The average Bonchev–Trinajstić information content (AvgIpc) is 2.66. The Bertz CT molecular complexity index is 705. The largest absolute Gasteiger partial charge is 0.363 e. The number of anilines is 1. The smallest absolute Gasteiger partial charge is 0.293 e. The van der Waals surface area contributed by atoms with Crippen molar-refractivity contribution in [2.45, 2.75) is 45.2 Å². The maximum Gasteiger partial charge on any atom is 0.293 e. The molecule has 0 unspecified atom stereocenters. The van der Waals surface area contributed by atoms with E-state index in [4.69, 9.17) is 0 Å². The van der Waals surface area contributed by atoms with Crippen LogP contribution in [0.5, 0.6) is 0 Å². The highest BCUT2D eigenvalue weighted by Crippen LogP contribution is 2.14. The fourth-order valence-corrected chi connectivity index (χ4v) is 3.44. The number of rotatable bonds is 7. The van der Waals surface area contributed by atoms with Gasteiger partial charge in [0.05, 0.1) is 0 Å². The minimum atomic E-state index is -0.0182. The molecule has 1 N–H and O–H groups in total. The molecule has 2 aromatic rings. The molecule has 1 aliphatic rings. The van der Waals surface area contributed by atoms with Gasteiger partial charge in [-0.1, -0.05) is 30.3 Å². The molecule has 0 aliphatic carbocycles. The van der Waals surface area contributed by atoms with E-state index < -0.39 is 0 Å². The van der Waals surface area contributed by atoms with Gasteiger partial charge in [-0.3, -0.25) is 4.79 Å². The molecular weight excluding hydrogens is 312 g/mol. The molecule has 0 saturated carbocycles. The number of piperidine rings is 1. The predicted octanol–water partition coefficient (Wildman–Crippen LogP) is 2.77. The van der Waals surface area contributed by atoms with Crippen LogP contribution in [0.4, 0.5) is 5.82 Å². The Kier molecular flexibility index (Phi) is 6.23. The molecule has 0 spiro atoms. The first kappa shape index (κ1) is 17.7. The summed E-state index contributed by atoms with van der Waals surface area (Å²) in [7, 11) is 0. The molecule has 3 rings (SSSR count). The fourth-order valence-electron chi connectivity index (χ4n) is 3.44. The van der Waals surface area contributed by atoms with E-state index in [9.17, 15) is 4.79 Å². The van der Waals surface area contributed by atoms with Gasteiger partial charge < -0.3 is 14.8 Å². The van der Waals surface area contributed by atoms with Gasteiger partial charge in [-0.2, -0.15) is 0 Å². The molecule has 0 bridgehead atoms. The van der Waals surface area contributed by atoms with Crippen molar-refractivity contribution in [2.75, 3.05) is 25.0 Å². The Labute approximate surface area is 149 Å². The van der Waals surface area contributed by atoms with Crippen molar-refractivity contribution in [3.8, 4) is 0 Å². The zero-order chi connectivity index (χ0) is 17.5. The summed E-state index contributed by atoms with van der Waals surface area (Å²) in [5.41, 5.74) is 1.40. The number of nitrogens with one attached hydrogen (secondary N) is 1. The third-order valence-corrected chi connectivity index (χ3v) is 4.97. The number of aromatic nitrogens is 2. The van der Waals surface area contributed by atoms with Crippen molar-refractivity contribution >= 4 is 5.82 Å². The Morgan fingerprint density at radius 2 is 1.96 bits per heavy atom. The lowest BCUT2D eigenvalue weighted by Gasteiger charge is -2.32. The number of benzene rings is 1. The molecule has 5 heteroatoms. The van der Waals surface area contributed by atoms with Crippen LogP contribution < -0.4 is 10.9 Å². The Hall–Kier alpha value is -2.14. The van der Waals surface area contributed by atoms with Crippen molar-refractivity contribution in [2.24, 2.45) is 0 Å². The zero-order valence-electron chi connectivity index (χ0n) is 15.0. The fraction of sp³-hybridized carbons (Fsp3) is 0.500. The maximum atomic E-state index is 12.2. The highest BCUT2D eigenvalue weighted by atomic mass is 16.1. The number of nitrogens with zero attached hydrogens (tertiary/aromatic N) is 3. The van der Waals surface area contributed by atoms with E-state index in [1.54, 1.807) is 17.0 Å². The van der Waals surface area contributed by atoms with E-state index in [2.05, 4.69) is 45.5 Å². The predicted molar refractivity (Wildman–Crippen MR) is 102 cm³/mol. The second-order valence-electron chi connectivity index (χ2n) is 6.72. The van der Waals surface area contributed by atoms with Crippen LogP contribution in [-0.2, 0) is 13.0 Å². The molecule has 2 heterocycles. The molecule has 0 amide bonds. The average molecular weight is 340 g/mol. The lowest BCUT2D eigenvalue weighted by Crippen LogP contribution is -2.40. The highest BCUT2D eigenvalue weighted by molar-refractivity contribution is 5.32. The quantitative estimate of drug-likeness (QED) is 0.842. The number of likely N-dealkylation sites (tertiary alicyclic amines) is 1. The monoisotopic (exact) mass is 340 g/mol. The molecule has 1 aromatic carbocycles. The van der Waals surface area contributed by atoms with E-state index in [-0.39, 0.29) is 5.56 Å². The van der Waals surface area contributed by atoms with Gasteiger partial charge in [0.1, 0.15) is 0 Å². The molecular formula is C20H28N4O. The third kappa shape index (κ3) is 4.92. The van der Waals surface area contributed by atoms with E-state index in [1.807, 2.05) is 6.92 Å². The molecule has 5 nitrogen and oxygen atoms in total. The van der Waals surface area contributed by atoms with E-state index in [1.165, 1.54) is 12.0 Å². The van der Waals surface area contributed by atoms with Crippen molar-refractivity contribution < 1.29 is 0 Å². The summed E-state index contributed by atoms with van der Waals surface area (Å²) in [6.07, 6.45) is 7.91. The van der Waals surface area contributed by atoms with Crippen LogP contribution in [0.1, 0.15) is 31.7 Å². The molecule has 1 aromatic heterocycles. The zero-order valence-corrected chi connectivity index (χ0v) is 15.0. The first-order chi connectivity index (χ1) is 12.3. The van der Waals surface area contributed by atoms with Gasteiger partial charge in [0, 0.05) is 38.1 Å². The summed E-state index contributed by atoms with van der Waals surface area (Å²) >= 11 is 0. The maximum absolute atomic E-state index is 12.2. The van der Waals surface area contributed by atoms with E-state index >= 15 is 0 Å². The standard InChI is InChI=1S/C20H28N4O/c1-2-24-16-12-21-19(20(24)25)22-18-10-14-23(15-11-18)13-6-9-17-7-4-3-5-8-17/h3-5,7-8,12,16,18H,2,6,9-11,13-15H2,1H3,(H,21,22). The molecule has 25 heavy (non-hydrogen) atoms. The first-order valence-electron chi connectivity index (χ1n) is 9.34. The van der Waals surface area contributed by atoms with Crippen molar-refractivity contribution in [3.63, 3.8) is 0 Å². The highest BCUT2D eigenvalue weighted by Gasteiger charge is 2.20. The summed E-state index contributed by atoms with van der Waals surface area (Å²) in [4.78, 5) is 19.0.